The molecule has 2 aliphatic heterocycles. The van der Waals surface area contributed by atoms with E-state index in [-0.39, 0.29) is 37.0 Å². The Labute approximate surface area is 168 Å². The molecule has 1 aliphatic carbocycles. The molecule has 1 saturated carbocycles. The van der Waals surface area contributed by atoms with E-state index in [4.69, 9.17) is 0 Å². The molecule has 9 heteroatoms. The van der Waals surface area contributed by atoms with E-state index in [0.717, 1.165) is 23.3 Å². The first-order chi connectivity index (χ1) is 13.0. The van der Waals surface area contributed by atoms with Gasteiger partial charge in [0.25, 0.3) is 5.91 Å². The normalized spacial score (nSPS) is 20.0. The van der Waals surface area contributed by atoms with Crippen LogP contribution in [0, 0.1) is 5.82 Å². The first kappa shape index (κ1) is 20.5. The van der Waals surface area contributed by atoms with E-state index < -0.39 is 23.3 Å². The fourth-order valence-corrected chi connectivity index (χ4v) is 4.25. The van der Waals surface area contributed by atoms with Crippen LogP contribution < -0.4 is 16.0 Å². The molecule has 3 N–H and O–H groups in total. The van der Waals surface area contributed by atoms with Crippen LogP contribution in [0.3, 0.4) is 0 Å². The topological polar surface area (TPSA) is 90.5 Å². The van der Waals surface area contributed by atoms with Crippen molar-refractivity contribution in [3.8, 4) is 0 Å². The predicted molar refractivity (Wildman–Crippen MR) is 104 cm³/mol. The Morgan fingerprint density at radius 3 is 2.75 bits per heavy atom. The number of hydrogen-bond donors (Lipinski definition) is 3. The molecule has 2 fully saturated rings. The summed E-state index contributed by atoms with van der Waals surface area (Å²) < 4.78 is 14.6. The number of nitrogens with one attached hydrogen (secondary N) is 3. The van der Waals surface area contributed by atoms with Crippen LogP contribution in [0.5, 0.6) is 0 Å². The maximum Gasteiger partial charge on any atom is 0.325 e. The molecule has 0 unspecified atom stereocenters. The molecule has 0 radical (unpaired) electrons. The molecule has 0 aromatic heterocycles. The highest BCUT2D eigenvalue weighted by molar-refractivity contribution is 6.07. The molecule has 152 valence electrons. The minimum absolute atomic E-state index is 0. The number of carbonyl (C=O) groups excluding carboxylic acids is 3. The van der Waals surface area contributed by atoms with Gasteiger partial charge in [0.2, 0.25) is 5.91 Å². The van der Waals surface area contributed by atoms with Crippen LogP contribution >= 0.6 is 12.4 Å². The number of fused-ring (bicyclic) bond motifs is 1. The molecule has 7 nitrogen and oxygen atoms in total. The monoisotopic (exact) mass is 410 g/mol. The second-order valence-corrected chi connectivity index (χ2v) is 7.47. The van der Waals surface area contributed by atoms with E-state index in [9.17, 15) is 18.8 Å². The highest BCUT2D eigenvalue weighted by atomic mass is 35.5. The van der Waals surface area contributed by atoms with Gasteiger partial charge in [0, 0.05) is 19.5 Å². The van der Waals surface area contributed by atoms with Gasteiger partial charge in [-0.25, -0.2) is 9.18 Å². The molecule has 3 aliphatic rings. The molecule has 4 rings (SSSR count). The van der Waals surface area contributed by atoms with Crippen LogP contribution in [0.25, 0.3) is 0 Å². The highest BCUT2D eigenvalue weighted by Gasteiger charge is 2.52. The van der Waals surface area contributed by atoms with Crippen molar-refractivity contribution >= 4 is 35.9 Å². The van der Waals surface area contributed by atoms with E-state index in [1.54, 1.807) is 6.07 Å². The van der Waals surface area contributed by atoms with Crippen molar-refractivity contribution in [1.82, 2.24) is 15.5 Å². The van der Waals surface area contributed by atoms with E-state index in [1.165, 1.54) is 0 Å². The first-order valence-corrected chi connectivity index (χ1v) is 9.45. The van der Waals surface area contributed by atoms with Gasteiger partial charge in [-0.3, -0.25) is 14.5 Å². The van der Waals surface area contributed by atoms with Gasteiger partial charge in [-0.05, 0) is 43.0 Å². The molecule has 1 aromatic rings. The van der Waals surface area contributed by atoms with Crippen LogP contribution in [0.4, 0.5) is 14.9 Å². The minimum atomic E-state index is -0.772. The maximum atomic E-state index is 14.6. The summed E-state index contributed by atoms with van der Waals surface area (Å²) in [6.45, 7) is 1.32. The van der Waals surface area contributed by atoms with Crippen molar-refractivity contribution in [2.24, 2.45) is 0 Å². The third kappa shape index (κ3) is 3.58. The zero-order chi connectivity index (χ0) is 19.0. The summed E-state index contributed by atoms with van der Waals surface area (Å²) in [7, 11) is 0. The number of carbonyl (C=O) groups is 3. The fraction of sp³-hybridized carbons (Fsp3) is 0.526. The van der Waals surface area contributed by atoms with Gasteiger partial charge in [0.1, 0.15) is 11.4 Å². The zero-order valence-electron chi connectivity index (χ0n) is 15.5. The van der Waals surface area contributed by atoms with Crippen molar-refractivity contribution in [3.05, 3.63) is 29.1 Å². The first-order valence-electron chi connectivity index (χ1n) is 9.45. The molecule has 4 amide bonds. The largest absolute Gasteiger partial charge is 0.325 e. The molecule has 1 saturated heterocycles. The summed E-state index contributed by atoms with van der Waals surface area (Å²) in [6, 6.07) is 2.92. The Balaban J connectivity index is 0.00000225. The van der Waals surface area contributed by atoms with E-state index >= 15 is 0 Å². The number of hydrogen-bond acceptors (Lipinski definition) is 4. The lowest BCUT2D eigenvalue weighted by molar-refractivity contribution is -0.131. The van der Waals surface area contributed by atoms with Crippen LogP contribution in [0.15, 0.2) is 12.1 Å². The van der Waals surface area contributed by atoms with Crippen molar-refractivity contribution < 1.29 is 18.8 Å². The lowest BCUT2D eigenvalue weighted by atomic mass is 9.98. The molecule has 28 heavy (non-hydrogen) atoms. The van der Waals surface area contributed by atoms with Gasteiger partial charge in [0.05, 0.1) is 5.69 Å². The number of amides is 4. The van der Waals surface area contributed by atoms with Crippen molar-refractivity contribution in [3.63, 3.8) is 0 Å². The quantitative estimate of drug-likeness (QED) is 0.663. The van der Waals surface area contributed by atoms with Crippen LogP contribution in [0.1, 0.15) is 43.2 Å². The van der Waals surface area contributed by atoms with E-state index in [0.29, 0.717) is 37.9 Å². The third-order valence-corrected chi connectivity index (χ3v) is 5.75. The number of imide groups is 1. The highest BCUT2D eigenvalue weighted by Crippen LogP contribution is 2.35. The van der Waals surface area contributed by atoms with Gasteiger partial charge in [-0.15, -0.1) is 12.4 Å². The lowest BCUT2D eigenvalue weighted by Gasteiger charge is -2.20. The zero-order valence-corrected chi connectivity index (χ0v) is 16.3. The van der Waals surface area contributed by atoms with Gasteiger partial charge in [-0.1, -0.05) is 18.9 Å². The standard InChI is InChI=1S/C19H23FN4O3.ClH/c20-16-13-5-9-21-11-12(13)3-4-14(16)22-15(25)6-10-24-17(26)19(23-18(24)27)7-1-2-8-19;/h3-4,21H,1-2,5-11H2,(H,22,25)(H,23,27);1H. The van der Waals surface area contributed by atoms with E-state index in [2.05, 4.69) is 16.0 Å². The van der Waals surface area contributed by atoms with E-state index in [1.807, 2.05) is 6.07 Å². The summed E-state index contributed by atoms with van der Waals surface area (Å²) in [6.07, 6.45) is 3.63. The number of benzene rings is 1. The molecule has 2 heterocycles. The molecular formula is C19H24ClFN4O3. The minimum Gasteiger partial charge on any atom is -0.324 e. The average Bonchev–Trinajstić information content (AvgIpc) is 3.22. The van der Waals surface area contributed by atoms with Gasteiger partial charge < -0.3 is 16.0 Å². The Morgan fingerprint density at radius 1 is 1.25 bits per heavy atom. The number of rotatable bonds is 4. The number of nitrogens with zero attached hydrogens (tertiary/aromatic N) is 1. The second kappa shape index (κ2) is 8.05. The average molecular weight is 411 g/mol. The Morgan fingerprint density at radius 2 is 2.00 bits per heavy atom. The Hall–Kier alpha value is -2.19. The number of urea groups is 1. The van der Waals surface area contributed by atoms with Gasteiger partial charge in [0.15, 0.2) is 0 Å². The Bertz CT molecular complexity index is 811. The molecule has 1 aromatic carbocycles. The van der Waals surface area contributed by atoms with Gasteiger partial charge >= 0.3 is 6.03 Å². The van der Waals surface area contributed by atoms with Crippen LogP contribution in [-0.2, 0) is 22.6 Å². The number of anilines is 1. The number of halogens is 2. The molecule has 0 bridgehead atoms. The second-order valence-electron chi connectivity index (χ2n) is 7.47. The summed E-state index contributed by atoms with van der Waals surface area (Å²) in [5.41, 5.74) is 0.901. The van der Waals surface area contributed by atoms with Gasteiger partial charge in [-0.2, -0.15) is 0 Å². The fourth-order valence-electron chi connectivity index (χ4n) is 4.25. The van der Waals surface area contributed by atoms with Crippen molar-refractivity contribution in [1.29, 1.82) is 0 Å². The molecular weight excluding hydrogens is 387 g/mol. The Kier molecular flexibility index (Phi) is 5.90. The van der Waals surface area contributed by atoms with Crippen LogP contribution in [-0.4, -0.2) is 41.4 Å². The summed E-state index contributed by atoms with van der Waals surface area (Å²) >= 11 is 0. The lowest BCUT2D eigenvalue weighted by Crippen LogP contribution is -2.44. The predicted octanol–water partition coefficient (Wildman–Crippen LogP) is 2.09. The summed E-state index contributed by atoms with van der Waals surface area (Å²) in [4.78, 5) is 38.1. The summed E-state index contributed by atoms with van der Waals surface area (Å²) in [5, 5.41) is 8.54. The van der Waals surface area contributed by atoms with Crippen LogP contribution in [0.2, 0.25) is 0 Å². The maximum absolute atomic E-state index is 14.6. The molecule has 0 atom stereocenters. The molecule has 1 spiro atoms. The summed E-state index contributed by atoms with van der Waals surface area (Å²) in [5.74, 6) is -1.07. The van der Waals surface area contributed by atoms with Crippen molar-refractivity contribution in [2.45, 2.75) is 50.6 Å². The third-order valence-electron chi connectivity index (χ3n) is 5.75. The SMILES string of the molecule is Cl.O=C(CCN1C(=O)NC2(CCCC2)C1=O)Nc1ccc2c(c1F)CCNC2. The smallest absolute Gasteiger partial charge is 0.324 e. The van der Waals surface area contributed by atoms with Crippen molar-refractivity contribution in [2.75, 3.05) is 18.4 Å².